The first-order chi connectivity index (χ1) is 14.6. The third-order valence-corrected chi connectivity index (χ3v) is 8.58. The molecule has 32 heavy (non-hydrogen) atoms. The zero-order valence-corrected chi connectivity index (χ0v) is 20.0. The van der Waals surface area contributed by atoms with Crippen LogP contribution in [0, 0.1) is 22.7 Å². The number of hydrogen-bond donors (Lipinski definition) is 4. The molecule has 2 bridgehead atoms. The molecule has 7 heteroatoms. The van der Waals surface area contributed by atoms with Crippen LogP contribution >= 0.6 is 0 Å². The second-order valence-electron chi connectivity index (χ2n) is 10.6. The van der Waals surface area contributed by atoms with E-state index in [4.69, 9.17) is 4.74 Å². The van der Waals surface area contributed by atoms with Gasteiger partial charge in [-0.15, -0.1) is 0 Å². The van der Waals surface area contributed by atoms with Gasteiger partial charge in [-0.05, 0) is 51.2 Å². The minimum atomic E-state index is -2.26. The van der Waals surface area contributed by atoms with Gasteiger partial charge in [-0.1, -0.05) is 39.0 Å². The summed E-state index contributed by atoms with van der Waals surface area (Å²) in [4.78, 5) is 26.4. The van der Waals surface area contributed by atoms with E-state index in [9.17, 15) is 30.0 Å². The maximum atomic E-state index is 14.1. The second-order valence-corrected chi connectivity index (χ2v) is 10.6. The first kappa shape index (κ1) is 24.8. The van der Waals surface area contributed by atoms with Gasteiger partial charge >= 0.3 is 5.97 Å². The van der Waals surface area contributed by atoms with Gasteiger partial charge in [0.2, 0.25) is 0 Å². The van der Waals surface area contributed by atoms with Gasteiger partial charge in [0.25, 0.3) is 0 Å². The molecule has 0 heterocycles. The number of fused-ring (bicyclic) bond motifs is 1. The molecule has 0 aromatic carbocycles. The number of carbonyl (C=O) groups is 2. The molecule has 4 N–H and O–H groups in total. The Hall–Kier alpha value is -1.80. The SMILES string of the molecule is C/C=C(\C)C(=O)OCC1=CC2C(=O)C3(C=C(C)C(O)C3(O)C1O)[C@H](C)C[C@@](C)(O)C2(C)C. The Morgan fingerprint density at radius 2 is 1.81 bits per heavy atom. The minimum absolute atomic E-state index is 0.130. The normalized spacial score (nSPS) is 43.6. The molecule has 1 saturated carbocycles. The highest BCUT2D eigenvalue weighted by Gasteiger charge is 2.73. The number of aliphatic hydroxyl groups is 4. The summed E-state index contributed by atoms with van der Waals surface area (Å²) in [6.07, 6.45) is 1.73. The first-order valence-corrected chi connectivity index (χ1v) is 11.1. The third-order valence-electron chi connectivity index (χ3n) is 8.58. The van der Waals surface area contributed by atoms with E-state index in [0.29, 0.717) is 11.1 Å². The molecule has 3 rings (SSSR count). The minimum Gasteiger partial charge on any atom is -0.458 e. The molecule has 0 radical (unpaired) electrons. The molecule has 0 aromatic rings. The van der Waals surface area contributed by atoms with Crippen molar-refractivity contribution in [2.45, 2.75) is 78.3 Å². The van der Waals surface area contributed by atoms with Crippen LogP contribution in [0.5, 0.6) is 0 Å². The monoisotopic (exact) mass is 448 g/mol. The van der Waals surface area contributed by atoms with Crippen LogP contribution < -0.4 is 0 Å². The maximum absolute atomic E-state index is 14.1. The molecule has 7 nitrogen and oxygen atoms in total. The van der Waals surface area contributed by atoms with Crippen LogP contribution in [-0.4, -0.2) is 62.2 Å². The van der Waals surface area contributed by atoms with E-state index in [1.165, 1.54) is 6.08 Å². The lowest BCUT2D eigenvalue weighted by Gasteiger charge is -2.48. The second kappa shape index (κ2) is 7.62. The van der Waals surface area contributed by atoms with Crippen molar-refractivity contribution in [1.82, 2.24) is 0 Å². The number of allylic oxidation sites excluding steroid dienone is 2. The Morgan fingerprint density at radius 1 is 1.22 bits per heavy atom. The molecule has 7 atom stereocenters. The van der Waals surface area contributed by atoms with E-state index in [1.807, 2.05) is 0 Å². The van der Waals surface area contributed by atoms with Gasteiger partial charge in [0.15, 0.2) is 5.78 Å². The molecule has 5 unspecified atom stereocenters. The smallest absolute Gasteiger partial charge is 0.333 e. The Bertz CT molecular complexity index is 925. The summed E-state index contributed by atoms with van der Waals surface area (Å²) in [5, 5.41) is 45.8. The lowest BCUT2D eigenvalue weighted by molar-refractivity contribution is -0.190. The average molecular weight is 449 g/mol. The fraction of sp³-hybridized carbons (Fsp3) is 0.680. The summed E-state index contributed by atoms with van der Waals surface area (Å²) in [5.74, 6) is -2.42. The van der Waals surface area contributed by atoms with Gasteiger partial charge in [-0.3, -0.25) is 4.79 Å². The van der Waals surface area contributed by atoms with Crippen molar-refractivity contribution >= 4 is 11.8 Å². The number of esters is 1. The number of ketones is 1. The van der Waals surface area contributed by atoms with Gasteiger partial charge in [0.1, 0.15) is 24.4 Å². The molecule has 0 amide bonds. The first-order valence-electron chi connectivity index (χ1n) is 11.1. The van der Waals surface area contributed by atoms with Crippen molar-refractivity contribution < 1.29 is 34.8 Å². The van der Waals surface area contributed by atoms with Crippen molar-refractivity contribution in [3.63, 3.8) is 0 Å². The van der Waals surface area contributed by atoms with Crippen molar-refractivity contribution in [3.8, 4) is 0 Å². The fourth-order valence-electron chi connectivity index (χ4n) is 5.87. The van der Waals surface area contributed by atoms with Crippen LogP contribution in [-0.2, 0) is 14.3 Å². The van der Waals surface area contributed by atoms with Crippen LogP contribution in [0.2, 0.25) is 0 Å². The number of Topliss-reactive ketones (excluding diaryl/α,β-unsaturated/α-hetero) is 1. The Labute approximate surface area is 189 Å². The summed E-state index contributed by atoms with van der Waals surface area (Å²) in [5.41, 5.74) is -5.22. The van der Waals surface area contributed by atoms with Crippen molar-refractivity contribution in [2.24, 2.45) is 22.7 Å². The third kappa shape index (κ3) is 3.01. The van der Waals surface area contributed by atoms with E-state index in [-0.39, 0.29) is 24.4 Å². The van der Waals surface area contributed by atoms with Gasteiger partial charge in [-0.25, -0.2) is 4.79 Å². The van der Waals surface area contributed by atoms with E-state index < -0.39 is 52.0 Å². The molecule has 0 saturated heterocycles. The van der Waals surface area contributed by atoms with E-state index >= 15 is 0 Å². The zero-order chi connectivity index (χ0) is 24.4. The Morgan fingerprint density at radius 3 is 2.38 bits per heavy atom. The van der Waals surface area contributed by atoms with Gasteiger partial charge in [-0.2, -0.15) is 0 Å². The molecule has 1 spiro atoms. The summed E-state index contributed by atoms with van der Waals surface area (Å²) in [6, 6.07) is 0. The largest absolute Gasteiger partial charge is 0.458 e. The molecule has 0 aromatic heterocycles. The maximum Gasteiger partial charge on any atom is 0.333 e. The predicted octanol–water partition coefficient (Wildman–Crippen LogP) is 1.84. The number of aliphatic hydroxyl groups excluding tert-OH is 2. The molecule has 1 fully saturated rings. The highest BCUT2D eigenvalue weighted by Crippen LogP contribution is 2.62. The summed E-state index contributed by atoms with van der Waals surface area (Å²) in [7, 11) is 0. The lowest BCUT2D eigenvalue weighted by Crippen LogP contribution is -2.65. The number of rotatable bonds is 3. The quantitative estimate of drug-likeness (QED) is 0.295. The standard InChI is InChI=1S/C25H36O7/c1-8-13(2)21(29)32-12-16-9-17-20(28)24(15(4)11-23(7,30)22(17,5)6)10-14(3)18(26)25(24,31)19(16)27/h8-10,15,17-19,26-27,30-31H,11-12H2,1-7H3/b13-8+/t15-,17?,18?,19?,23-,24?,25?/m1/s1. The highest BCUT2D eigenvalue weighted by molar-refractivity contribution is 5.95. The average Bonchev–Trinajstić information content (AvgIpc) is 2.87. The van der Waals surface area contributed by atoms with E-state index in [2.05, 4.69) is 0 Å². The Balaban J connectivity index is 2.24. The topological polar surface area (TPSA) is 124 Å². The number of carbonyl (C=O) groups excluding carboxylic acids is 2. The van der Waals surface area contributed by atoms with Crippen molar-refractivity contribution in [2.75, 3.05) is 6.61 Å². The van der Waals surface area contributed by atoms with Gasteiger partial charge in [0, 0.05) is 16.9 Å². The van der Waals surface area contributed by atoms with Crippen molar-refractivity contribution in [1.29, 1.82) is 0 Å². The van der Waals surface area contributed by atoms with Crippen molar-refractivity contribution in [3.05, 3.63) is 34.9 Å². The number of hydrogen-bond acceptors (Lipinski definition) is 7. The molecule has 3 aliphatic carbocycles. The van der Waals surface area contributed by atoms with Crippen LogP contribution in [0.25, 0.3) is 0 Å². The van der Waals surface area contributed by atoms with Crippen LogP contribution in [0.4, 0.5) is 0 Å². The van der Waals surface area contributed by atoms with E-state index in [0.717, 1.165) is 0 Å². The molecular formula is C25H36O7. The van der Waals surface area contributed by atoms with Gasteiger partial charge < -0.3 is 25.2 Å². The molecule has 178 valence electrons. The summed E-state index contributed by atoms with van der Waals surface area (Å²) in [6.45, 7) is 11.5. The highest BCUT2D eigenvalue weighted by atomic mass is 16.5. The zero-order valence-electron chi connectivity index (χ0n) is 20.0. The predicted molar refractivity (Wildman–Crippen MR) is 118 cm³/mol. The lowest BCUT2D eigenvalue weighted by atomic mass is 9.59. The van der Waals surface area contributed by atoms with Crippen LogP contribution in [0.1, 0.15) is 54.9 Å². The van der Waals surface area contributed by atoms with Crippen LogP contribution in [0.15, 0.2) is 34.9 Å². The van der Waals surface area contributed by atoms with E-state index in [1.54, 1.807) is 60.6 Å². The number of ether oxygens (including phenoxy) is 1. The molecule has 3 aliphatic rings. The molecular weight excluding hydrogens is 412 g/mol. The fourth-order valence-corrected chi connectivity index (χ4v) is 5.87. The van der Waals surface area contributed by atoms with Gasteiger partial charge in [0.05, 0.1) is 11.0 Å². The Kier molecular flexibility index (Phi) is 5.91. The summed E-state index contributed by atoms with van der Waals surface area (Å²) >= 11 is 0. The molecule has 0 aliphatic heterocycles. The van der Waals surface area contributed by atoms with Crippen LogP contribution in [0.3, 0.4) is 0 Å². The summed E-state index contributed by atoms with van der Waals surface area (Å²) < 4.78 is 5.36.